The highest BCUT2D eigenvalue weighted by molar-refractivity contribution is 7.89. The summed E-state index contributed by atoms with van der Waals surface area (Å²) in [6.07, 6.45) is 2.22. The van der Waals surface area contributed by atoms with Gasteiger partial charge in [-0.1, -0.05) is 30.3 Å². The van der Waals surface area contributed by atoms with E-state index in [0.29, 0.717) is 6.42 Å². The predicted molar refractivity (Wildman–Crippen MR) is 93.1 cm³/mol. The Hall–Kier alpha value is -1.96. The number of sulfonamides is 1. The van der Waals surface area contributed by atoms with Crippen LogP contribution in [0.15, 0.2) is 58.8 Å². The molecule has 0 amide bonds. The van der Waals surface area contributed by atoms with Crippen LogP contribution in [0.5, 0.6) is 0 Å². The van der Waals surface area contributed by atoms with E-state index in [1.54, 1.807) is 29.5 Å². The maximum Gasteiger partial charge on any atom is 0.324 e. The molecule has 126 valence electrons. The van der Waals surface area contributed by atoms with Gasteiger partial charge in [0.15, 0.2) is 0 Å². The molecule has 1 aromatic carbocycles. The summed E-state index contributed by atoms with van der Waals surface area (Å²) in [4.78, 5) is 13.3. The molecule has 0 aliphatic carbocycles. The smallest absolute Gasteiger partial charge is 0.324 e. The Morgan fingerprint density at radius 3 is 2.58 bits per heavy atom. The van der Waals surface area contributed by atoms with Crippen LogP contribution in [0.4, 0.5) is 0 Å². The summed E-state index contributed by atoms with van der Waals surface area (Å²) < 4.78 is 32.1. The first kappa shape index (κ1) is 16.9. The summed E-state index contributed by atoms with van der Waals surface area (Å²) >= 11 is 1.55. The molecule has 7 heteroatoms. The van der Waals surface area contributed by atoms with Crippen LogP contribution < -0.4 is 0 Å². The van der Waals surface area contributed by atoms with Crippen LogP contribution in [0, 0.1) is 0 Å². The zero-order valence-corrected chi connectivity index (χ0v) is 14.7. The first-order chi connectivity index (χ1) is 11.5. The Bertz CT molecular complexity index is 842. The molecule has 3 rings (SSSR count). The third-order valence-electron chi connectivity index (χ3n) is 3.92. The minimum atomic E-state index is -3.79. The van der Waals surface area contributed by atoms with Crippen molar-refractivity contribution >= 4 is 32.9 Å². The monoisotopic (exact) mass is 363 g/mol. The Balaban J connectivity index is 2.01. The lowest BCUT2D eigenvalue weighted by molar-refractivity contribution is -0.145. The van der Waals surface area contributed by atoms with Crippen LogP contribution in [-0.2, 0) is 19.6 Å². The fourth-order valence-electron chi connectivity index (χ4n) is 2.68. The molecule has 1 unspecified atom stereocenters. The van der Waals surface area contributed by atoms with Gasteiger partial charge in [0.1, 0.15) is 6.04 Å². The molecule has 0 saturated heterocycles. The Morgan fingerprint density at radius 2 is 1.96 bits per heavy atom. The van der Waals surface area contributed by atoms with Gasteiger partial charge in [-0.3, -0.25) is 4.79 Å². The highest BCUT2D eigenvalue weighted by atomic mass is 32.2. The van der Waals surface area contributed by atoms with Gasteiger partial charge in [0.25, 0.3) is 0 Å². The average molecular weight is 363 g/mol. The number of methoxy groups -OCH3 is 1. The molecule has 0 fully saturated rings. The molecule has 1 aliphatic rings. The zero-order chi connectivity index (χ0) is 17.2. The number of ether oxygens (including phenoxy) is 1. The van der Waals surface area contributed by atoms with Gasteiger partial charge in [0.2, 0.25) is 10.0 Å². The average Bonchev–Trinajstić information content (AvgIpc) is 3.16. The van der Waals surface area contributed by atoms with Gasteiger partial charge in [-0.25, -0.2) is 8.42 Å². The van der Waals surface area contributed by atoms with E-state index in [4.69, 9.17) is 4.74 Å². The van der Waals surface area contributed by atoms with Crippen molar-refractivity contribution in [3.8, 4) is 0 Å². The van der Waals surface area contributed by atoms with Crippen molar-refractivity contribution in [1.29, 1.82) is 0 Å². The van der Waals surface area contributed by atoms with Gasteiger partial charge in [-0.05, 0) is 35.6 Å². The van der Waals surface area contributed by atoms with E-state index in [9.17, 15) is 13.2 Å². The van der Waals surface area contributed by atoms with E-state index >= 15 is 0 Å². The number of nitrogens with zero attached hydrogens (tertiary/aromatic N) is 1. The van der Waals surface area contributed by atoms with E-state index in [1.807, 2.05) is 23.6 Å². The van der Waals surface area contributed by atoms with E-state index in [0.717, 1.165) is 10.5 Å². The topological polar surface area (TPSA) is 63.7 Å². The molecule has 0 spiro atoms. The first-order valence-corrected chi connectivity index (χ1v) is 9.73. The van der Waals surface area contributed by atoms with Crippen molar-refractivity contribution in [2.24, 2.45) is 0 Å². The Labute approximate surface area is 145 Å². The van der Waals surface area contributed by atoms with E-state index in [-0.39, 0.29) is 11.4 Å². The molecule has 2 heterocycles. The molecular formula is C17H17NO4S2. The highest BCUT2D eigenvalue weighted by Crippen LogP contribution is 2.31. The summed E-state index contributed by atoms with van der Waals surface area (Å²) in [6.45, 7) is 0.150. The number of benzene rings is 1. The van der Waals surface area contributed by atoms with Crippen molar-refractivity contribution in [2.75, 3.05) is 13.7 Å². The summed E-state index contributed by atoms with van der Waals surface area (Å²) in [6, 6.07) is 11.2. The van der Waals surface area contributed by atoms with Crippen LogP contribution in [-0.4, -0.2) is 38.4 Å². The summed E-state index contributed by atoms with van der Waals surface area (Å²) in [5, 5.41) is 1.94. The summed E-state index contributed by atoms with van der Waals surface area (Å²) in [7, 11) is -2.52. The summed E-state index contributed by atoms with van der Waals surface area (Å²) in [5.74, 6) is -0.545. The number of thiophene rings is 1. The standard InChI is InChI=1S/C17H17NO4S2/c1-22-17(19)15-10-9-13(16-8-5-11-23-16)12-18(15)24(20,21)14-6-3-2-4-7-14/h2-9,11,15H,10,12H2,1H3. The number of hydrogen-bond donors (Lipinski definition) is 0. The maximum atomic E-state index is 13.0. The highest BCUT2D eigenvalue weighted by Gasteiger charge is 2.39. The second kappa shape index (κ2) is 6.88. The molecule has 1 aromatic heterocycles. The maximum absolute atomic E-state index is 13.0. The molecule has 2 aromatic rings. The van der Waals surface area contributed by atoms with Crippen molar-refractivity contribution < 1.29 is 17.9 Å². The Kier molecular flexibility index (Phi) is 4.84. The van der Waals surface area contributed by atoms with Crippen LogP contribution in [0.3, 0.4) is 0 Å². The second-order valence-corrected chi connectivity index (χ2v) is 8.18. The lowest BCUT2D eigenvalue weighted by Gasteiger charge is -2.32. The molecular weight excluding hydrogens is 346 g/mol. The van der Waals surface area contributed by atoms with Gasteiger partial charge < -0.3 is 4.74 Å². The number of rotatable bonds is 4. The number of hydrogen-bond acceptors (Lipinski definition) is 5. The predicted octanol–water partition coefficient (Wildman–Crippen LogP) is 2.77. The normalized spacial score (nSPS) is 18.9. The molecule has 24 heavy (non-hydrogen) atoms. The van der Waals surface area contributed by atoms with Crippen molar-refractivity contribution in [3.63, 3.8) is 0 Å². The number of esters is 1. The molecule has 0 bridgehead atoms. The molecule has 5 nitrogen and oxygen atoms in total. The van der Waals surface area contributed by atoms with Gasteiger partial charge >= 0.3 is 5.97 Å². The molecule has 0 saturated carbocycles. The van der Waals surface area contributed by atoms with Crippen molar-refractivity contribution in [2.45, 2.75) is 17.4 Å². The quantitative estimate of drug-likeness (QED) is 0.784. The Morgan fingerprint density at radius 1 is 1.21 bits per heavy atom. The third kappa shape index (κ3) is 3.15. The first-order valence-electron chi connectivity index (χ1n) is 7.41. The van der Waals surface area contributed by atoms with Gasteiger partial charge in [0, 0.05) is 11.4 Å². The van der Waals surface area contributed by atoms with Crippen LogP contribution in [0.2, 0.25) is 0 Å². The zero-order valence-electron chi connectivity index (χ0n) is 13.1. The lowest BCUT2D eigenvalue weighted by atomic mass is 10.0. The lowest BCUT2D eigenvalue weighted by Crippen LogP contribution is -2.47. The number of carbonyl (C=O) groups excluding carboxylic acids is 1. The summed E-state index contributed by atoms with van der Waals surface area (Å²) in [5.41, 5.74) is 0.907. The van der Waals surface area contributed by atoms with Crippen molar-refractivity contribution in [3.05, 3.63) is 58.8 Å². The van der Waals surface area contributed by atoms with Gasteiger partial charge in [0.05, 0.1) is 12.0 Å². The van der Waals surface area contributed by atoms with Gasteiger partial charge in [-0.2, -0.15) is 4.31 Å². The molecule has 0 radical (unpaired) electrons. The molecule has 0 N–H and O–H groups in total. The van der Waals surface area contributed by atoms with E-state index in [2.05, 4.69) is 0 Å². The largest absolute Gasteiger partial charge is 0.468 e. The number of carbonyl (C=O) groups is 1. The molecule has 1 aliphatic heterocycles. The van der Waals surface area contributed by atoms with Crippen LogP contribution >= 0.6 is 11.3 Å². The van der Waals surface area contributed by atoms with Crippen LogP contribution in [0.25, 0.3) is 5.57 Å². The molecule has 1 atom stereocenters. The van der Waals surface area contributed by atoms with E-state index < -0.39 is 22.0 Å². The fourth-order valence-corrected chi connectivity index (χ4v) is 5.03. The van der Waals surface area contributed by atoms with Crippen molar-refractivity contribution in [1.82, 2.24) is 4.31 Å². The van der Waals surface area contributed by atoms with Crippen LogP contribution in [0.1, 0.15) is 11.3 Å². The second-order valence-electron chi connectivity index (χ2n) is 5.34. The minimum absolute atomic E-state index is 0.150. The third-order valence-corrected chi connectivity index (χ3v) is 6.74. The van der Waals surface area contributed by atoms with Gasteiger partial charge in [-0.15, -0.1) is 11.3 Å². The SMILES string of the molecule is COC(=O)C1CC=C(c2cccs2)CN1S(=O)(=O)c1ccccc1. The van der Waals surface area contributed by atoms with E-state index in [1.165, 1.54) is 23.5 Å². The minimum Gasteiger partial charge on any atom is -0.468 e. The fraction of sp³-hybridized carbons (Fsp3) is 0.235.